The van der Waals surface area contributed by atoms with E-state index in [-0.39, 0.29) is 0 Å². The Hall–Kier alpha value is -0.120. The molecule has 2 saturated heterocycles. The minimum Gasteiger partial charge on any atom is -0.383 e. The molecule has 0 bridgehead atoms. The van der Waals surface area contributed by atoms with E-state index in [2.05, 4.69) is 10.2 Å². The summed E-state index contributed by atoms with van der Waals surface area (Å²) in [5.74, 6) is 0.899. The SMILES string of the molecule is COCC(NC1CCN2CCCC12)C1CC1. The smallest absolute Gasteiger partial charge is 0.0618 e. The topological polar surface area (TPSA) is 24.5 Å². The zero-order chi connectivity index (χ0) is 11.0. The number of ether oxygens (including phenoxy) is 1. The molecule has 0 aromatic carbocycles. The van der Waals surface area contributed by atoms with Crippen molar-refractivity contribution < 1.29 is 4.74 Å². The summed E-state index contributed by atoms with van der Waals surface area (Å²) in [6.07, 6.45) is 6.96. The number of nitrogens with zero attached hydrogens (tertiary/aromatic N) is 1. The van der Waals surface area contributed by atoms with Gasteiger partial charge in [0.25, 0.3) is 0 Å². The van der Waals surface area contributed by atoms with Crippen LogP contribution in [-0.2, 0) is 4.74 Å². The van der Waals surface area contributed by atoms with E-state index in [1.165, 1.54) is 45.2 Å². The molecule has 3 fully saturated rings. The van der Waals surface area contributed by atoms with Gasteiger partial charge in [0.2, 0.25) is 0 Å². The average Bonchev–Trinajstić information content (AvgIpc) is 2.90. The highest BCUT2D eigenvalue weighted by atomic mass is 16.5. The standard InChI is InChI=1S/C13H24N2O/c1-16-9-12(10-4-5-10)14-11-6-8-15-7-2-3-13(11)15/h10-14H,2-9H2,1H3. The molecule has 3 heteroatoms. The van der Waals surface area contributed by atoms with Crippen LogP contribution in [0.3, 0.4) is 0 Å². The van der Waals surface area contributed by atoms with E-state index in [9.17, 15) is 0 Å². The molecule has 16 heavy (non-hydrogen) atoms. The second kappa shape index (κ2) is 4.63. The predicted molar refractivity (Wildman–Crippen MR) is 64.5 cm³/mol. The van der Waals surface area contributed by atoms with Crippen LogP contribution in [0.1, 0.15) is 32.1 Å². The molecule has 3 nitrogen and oxygen atoms in total. The second-order valence-corrected chi connectivity index (χ2v) is 5.71. The molecule has 3 rings (SSSR count). The van der Waals surface area contributed by atoms with Gasteiger partial charge in [0.1, 0.15) is 0 Å². The summed E-state index contributed by atoms with van der Waals surface area (Å²) in [5, 5.41) is 3.88. The van der Waals surface area contributed by atoms with Crippen molar-refractivity contribution in [1.29, 1.82) is 0 Å². The van der Waals surface area contributed by atoms with Crippen molar-refractivity contribution in [2.45, 2.75) is 50.2 Å². The Balaban J connectivity index is 1.56. The van der Waals surface area contributed by atoms with Gasteiger partial charge < -0.3 is 10.1 Å². The zero-order valence-corrected chi connectivity index (χ0v) is 10.3. The first-order valence-corrected chi connectivity index (χ1v) is 6.87. The quantitative estimate of drug-likeness (QED) is 0.760. The lowest BCUT2D eigenvalue weighted by Gasteiger charge is -2.26. The maximum Gasteiger partial charge on any atom is 0.0618 e. The van der Waals surface area contributed by atoms with Crippen LogP contribution in [0, 0.1) is 5.92 Å². The van der Waals surface area contributed by atoms with Crippen molar-refractivity contribution in [2.75, 3.05) is 26.8 Å². The molecular formula is C13H24N2O. The summed E-state index contributed by atoms with van der Waals surface area (Å²) in [6.45, 7) is 3.54. The monoisotopic (exact) mass is 224 g/mol. The Morgan fingerprint density at radius 3 is 2.88 bits per heavy atom. The van der Waals surface area contributed by atoms with Crippen LogP contribution >= 0.6 is 0 Å². The Morgan fingerprint density at radius 2 is 2.12 bits per heavy atom. The third-order valence-corrected chi connectivity index (χ3v) is 4.57. The first-order chi connectivity index (χ1) is 7.88. The van der Waals surface area contributed by atoms with Crippen molar-refractivity contribution in [3.05, 3.63) is 0 Å². The van der Waals surface area contributed by atoms with Crippen molar-refractivity contribution in [1.82, 2.24) is 10.2 Å². The van der Waals surface area contributed by atoms with Gasteiger partial charge in [-0.3, -0.25) is 4.90 Å². The van der Waals surface area contributed by atoms with E-state index >= 15 is 0 Å². The first kappa shape index (κ1) is 11.0. The second-order valence-electron chi connectivity index (χ2n) is 5.71. The Kier molecular flexibility index (Phi) is 3.18. The lowest BCUT2D eigenvalue weighted by Crippen LogP contribution is -2.47. The van der Waals surface area contributed by atoms with Crippen molar-refractivity contribution in [3.63, 3.8) is 0 Å². The van der Waals surface area contributed by atoms with Crippen LogP contribution in [-0.4, -0.2) is 49.8 Å². The zero-order valence-electron chi connectivity index (χ0n) is 10.3. The highest BCUT2D eigenvalue weighted by Crippen LogP contribution is 2.35. The molecule has 0 radical (unpaired) electrons. The fraction of sp³-hybridized carbons (Fsp3) is 1.00. The van der Waals surface area contributed by atoms with E-state index < -0.39 is 0 Å². The van der Waals surface area contributed by atoms with E-state index in [0.717, 1.165) is 24.6 Å². The van der Waals surface area contributed by atoms with Crippen molar-refractivity contribution in [3.8, 4) is 0 Å². The fourth-order valence-electron chi connectivity index (χ4n) is 3.55. The highest BCUT2D eigenvalue weighted by molar-refractivity contribution is 4.98. The third kappa shape index (κ3) is 2.13. The number of fused-ring (bicyclic) bond motifs is 1. The van der Waals surface area contributed by atoms with Gasteiger partial charge in [-0.25, -0.2) is 0 Å². The predicted octanol–water partition coefficient (Wildman–Crippen LogP) is 1.24. The molecule has 2 heterocycles. The first-order valence-electron chi connectivity index (χ1n) is 6.87. The minimum atomic E-state index is 0.621. The van der Waals surface area contributed by atoms with Gasteiger partial charge in [0.05, 0.1) is 6.61 Å². The van der Waals surface area contributed by atoms with Crippen LogP contribution in [0.25, 0.3) is 0 Å². The van der Waals surface area contributed by atoms with Gasteiger partial charge in [-0.1, -0.05) is 0 Å². The van der Waals surface area contributed by atoms with Crippen LogP contribution in [0.2, 0.25) is 0 Å². The molecule has 2 aliphatic heterocycles. The number of methoxy groups -OCH3 is 1. The van der Waals surface area contributed by atoms with E-state index in [0.29, 0.717) is 6.04 Å². The summed E-state index contributed by atoms with van der Waals surface area (Å²) in [5.41, 5.74) is 0. The minimum absolute atomic E-state index is 0.621. The molecule has 0 aromatic heterocycles. The lowest BCUT2D eigenvalue weighted by molar-refractivity contribution is 0.147. The van der Waals surface area contributed by atoms with Gasteiger partial charge >= 0.3 is 0 Å². The van der Waals surface area contributed by atoms with E-state index in [4.69, 9.17) is 4.74 Å². The van der Waals surface area contributed by atoms with Crippen LogP contribution in [0.15, 0.2) is 0 Å². The molecule has 0 spiro atoms. The number of nitrogens with one attached hydrogen (secondary N) is 1. The van der Waals surface area contributed by atoms with Gasteiger partial charge in [-0.15, -0.1) is 0 Å². The maximum absolute atomic E-state index is 5.35. The fourth-order valence-corrected chi connectivity index (χ4v) is 3.55. The summed E-state index contributed by atoms with van der Waals surface area (Å²) >= 11 is 0. The molecule has 3 aliphatic rings. The van der Waals surface area contributed by atoms with Gasteiger partial charge in [0.15, 0.2) is 0 Å². The average molecular weight is 224 g/mol. The lowest BCUT2D eigenvalue weighted by atomic mass is 10.0. The molecule has 0 amide bonds. The molecule has 1 aliphatic carbocycles. The van der Waals surface area contributed by atoms with Gasteiger partial charge in [-0.2, -0.15) is 0 Å². The van der Waals surface area contributed by atoms with Crippen LogP contribution in [0.4, 0.5) is 0 Å². The van der Waals surface area contributed by atoms with E-state index in [1.54, 1.807) is 0 Å². The molecule has 92 valence electrons. The van der Waals surface area contributed by atoms with Crippen molar-refractivity contribution >= 4 is 0 Å². The normalized spacial score (nSPS) is 36.6. The Bertz CT molecular complexity index is 242. The Morgan fingerprint density at radius 1 is 1.25 bits per heavy atom. The van der Waals surface area contributed by atoms with E-state index in [1.807, 2.05) is 7.11 Å². The molecule has 1 N–H and O–H groups in total. The summed E-state index contributed by atoms with van der Waals surface area (Å²) < 4.78 is 5.35. The molecule has 1 saturated carbocycles. The number of hydrogen-bond acceptors (Lipinski definition) is 3. The van der Waals surface area contributed by atoms with Gasteiger partial charge in [-0.05, 0) is 44.6 Å². The molecular weight excluding hydrogens is 200 g/mol. The van der Waals surface area contributed by atoms with Crippen LogP contribution in [0.5, 0.6) is 0 Å². The van der Waals surface area contributed by atoms with Crippen LogP contribution < -0.4 is 5.32 Å². The van der Waals surface area contributed by atoms with Crippen molar-refractivity contribution in [2.24, 2.45) is 5.92 Å². The summed E-state index contributed by atoms with van der Waals surface area (Å²) in [6, 6.07) is 2.19. The highest BCUT2D eigenvalue weighted by Gasteiger charge is 2.40. The summed E-state index contributed by atoms with van der Waals surface area (Å²) in [4.78, 5) is 2.68. The molecule has 0 aromatic rings. The maximum atomic E-state index is 5.35. The third-order valence-electron chi connectivity index (χ3n) is 4.57. The van der Waals surface area contributed by atoms with Gasteiger partial charge in [0, 0.05) is 31.8 Å². The number of rotatable bonds is 5. The number of hydrogen-bond donors (Lipinski definition) is 1. The largest absolute Gasteiger partial charge is 0.383 e. The summed E-state index contributed by atoms with van der Waals surface area (Å²) in [7, 11) is 1.83. The Labute approximate surface area is 98.5 Å². The molecule has 3 unspecified atom stereocenters. The molecule has 3 atom stereocenters.